The molecular weight excluding hydrogens is 442 g/mol. The van der Waals surface area contributed by atoms with Gasteiger partial charge >= 0.3 is 0 Å². The molecule has 3 aromatic rings. The first kappa shape index (κ1) is 24.1. The first-order valence-corrected chi connectivity index (χ1v) is 11.8. The molecule has 33 heavy (non-hydrogen) atoms. The molecule has 1 amide bonds. The van der Waals surface area contributed by atoms with Gasteiger partial charge in [-0.15, -0.1) is 0 Å². The molecule has 2 aromatic carbocycles. The molecule has 1 heterocycles. The summed E-state index contributed by atoms with van der Waals surface area (Å²) in [4.78, 5) is 16.9. The summed E-state index contributed by atoms with van der Waals surface area (Å²) in [5.41, 5.74) is 1.95. The molecule has 0 aliphatic rings. The number of carbonyl (C=O) groups excluding carboxylic acids is 1. The van der Waals surface area contributed by atoms with Gasteiger partial charge in [-0.05, 0) is 68.3 Å². The minimum Gasteiger partial charge on any atom is -0.497 e. The van der Waals surface area contributed by atoms with E-state index in [0.717, 1.165) is 5.56 Å². The zero-order valence-corrected chi connectivity index (χ0v) is 19.8. The largest absolute Gasteiger partial charge is 0.497 e. The number of rotatable bonds is 9. The number of hydrogen-bond donors (Lipinski definition) is 2. The number of anilines is 1. The number of aryl methyl sites for hydroxylation is 1. The molecule has 174 valence electrons. The Morgan fingerprint density at radius 1 is 1.06 bits per heavy atom. The van der Waals surface area contributed by atoms with Crippen LogP contribution >= 0.6 is 0 Å². The van der Waals surface area contributed by atoms with Crippen molar-refractivity contribution < 1.29 is 22.7 Å². The second-order valence-corrected chi connectivity index (χ2v) is 9.32. The van der Waals surface area contributed by atoms with Crippen molar-refractivity contribution in [2.24, 2.45) is 0 Å². The Morgan fingerprint density at radius 3 is 2.39 bits per heavy atom. The fourth-order valence-electron chi connectivity index (χ4n) is 3.01. The van der Waals surface area contributed by atoms with Gasteiger partial charge in [-0.2, -0.15) is 0 Å². The van der Waals surface area contributed by atoms with Crippen LogP contribution in [0.5, 0.6) is 11.6 Å². The van der Waals surface area contributed by atoms with Crippen LogP contribution in [0.4, 0.5) is 5.69 Å². The van der Waals surface area contributed by atoms with Crippen molar-refractivity contribution in [3.63, 3.8) is 0 Å². The number of methoxy groups -OCH3 is 1. The van der Waals surface area contributed by atoms with E-state index in [9.17, 15) is 13.2 Å². The fraction of sp³-hybridized carbons (Fsp3) is 0.250. The predicted octanol–water partition coefficient (Wildman–Crippen LogP) is 3.92. The normalized spacial score (nSPS) is 11.2. The predicted molar refractivity (Wildman–Crippen MR) is 126 cm³/mol. The van der Waals surface area contributed by atoms with Gasteiger partial charge in [0.15, 0.2) is 0 Å². The SMILES string of the molecule is COc1ccc(NS(=O)(=O)c2cc(C(=O)NCc3ccc(OC(C)C)nc3)ccc2C)cc1. The maximum atomic E-state index is 12.9. The van der Waals surface area contributed by atoms with Crippen LogP contribution < -0.4 is 19.5 Å². The van der Waals surface area contributed by atoms with Gasteiger partial charge in [0.25, 0.3) is 15.9 Å². The smallest absolute Gasteiger partial charge is 0.262 e. The number of nitrogens with one attached hydrogen (secondary N) is 2. The minimum atomic E-state index is -3.90. The maximum Gasteiger partial charge on any atom is 0.262 e. The standard InChI is InChI=1S/C24H27N3O5S/c1-16(2)32-23-12-6-18(14-25-23)15-26-24(28)19-7-5-17(3)22(13-19)33(29,30)27-20-8-10-21(31-4)11-9-20/h5-14,16,27H,15H2,1-4H3,(H,26,28). The topological polar surface area (TPSA) is 107 Å². The van der Waals surface area contributed by atoms with Crippen LogP contribution in [0, 0.1) is 6.92 Å². The Bertz CT molecular complexity index is 1210. The van der Waals surface area contributed by atoms with Crippen LogP contribution in [-0.2, 0) is 16.6 Å². The van der Waals surface area contributed by atoms with Gasteiger partial charge < -0.3 is 14.8 Å². The fourth-order valence-corrected chi connectivity index (χ4v) is 4.34. The first-order valence-electron chi connectivity index (χ1n) is 10.4. The lowest BCUT2D eigenvalue weighted by Gasteiger charge is -2.13. The van der Waals surface area contributed by atoms with Gasteiger partial charge in [0.2, 0.25) is 5.88 Å². The number of amides is 1. The third kappa shape index (κ3) is 6.45. The van der Waals surface area contributed by atoms with E-state index < -0.39 is 15.9 Å². The van der Waals surface area contributed by atoms with Crippen LogP contribution in [0.15, 0.2) is 65.7 Å². The van der Waals surface area contributed by atoms with Gasteiger partial charge in [0, 0.05) is 30.1 Å². The molecular formula is C24H27N3O5S. The zero-order chi connectivity index (χ0) is 24.0. The summed E-state index contributed by atoms with van der Waals surface area (Å²) in [5.74, 6) is 0.737. The van der Waals surface area contributed by atoms with Crippen LogP contribution in [0.2, 0.25) is 0 Å². The van der Waals surface area contributed by atoms with Crippen molar-refractivity contribution in [3.05, 3.63) is 77.5 Å². The summed E-state index contributed by atoms with van der Waals surface area (Å²) >= 11 is 0. The van der Waals surface area contributed by atoms with E-state index in [1.54, 1.807) is 55.6 Å². The number of pyridine rings is 1. The zero-order valence-electron chi connectivity index (χ0n) is 19.0. The molecule has 0 radical (unpaired) electrons. The molecule has 0 fully saturated rings. The molecule has 0 saturated carbocycles. The van der Waals surface area contributed by atoms with Crippen LogP contribution in [0.3, 0.4) is 0 Å². The van der Waals surface area contributed by atoms with Gasteiger partial charge in [-0.25, -0.2) is 13.4 Å². The third-order valence-corrected chi connectivity index (χ3v) is 6.21. The molecule has 0 aliphatic carbocycles. The van der Waals surface area contributed by atoms with Gasteiger partial charge in [0.05, 0.1) is 18.1 Å². The average molecular weight is 470 g/mol. The number of nitrogens with zero attached hydrogens (tertiary/aromatic N) is 1. The summed E-state index contributed by atoms with van der Waals surface area (Å²) in [6, 6.07) is 14.6. The lowest BCUT2D eigenvalue weighted by atomic mass is 10.1. The van der Waals surface area contributed by atoms with Crippen LogP contribution in [-0.4, -0.2) is 32.5 Å². The average Bonchev–Trinajstić information content (AvgIpc) is 2.78. The number of aromatic nitrogens is 1. The molecule has 2 N–H and O–H groups in total. The Kier molecular flexibility index (Phi) is 7.55. The number of ether oxygens (including phenoxy) is 2. The lowest BCUT2D eigenvalue weighted by Crippen LogP contribution is -2.23. The number of hydrogen-bond acceptors (Lipinski definition) is 6. The second-order valence-electron chi connectivity index (χ2n) is 7.67. The molecule has 0 spiro atoms. The Morgan fingerprint density at radius 2 is 1.79 bits per heavy atom. The first-order chi connectivity index (χ1) is 15.7. The molecule has 0 atom stereocenters. The molecule has 0 aliphatic heterocycles. The van der Waals surface area contributed by atoms with Crippen molar-refractivity contribution in [2.45, 2.75) is 38.3 Å². The summed E-state index contributed by atoms with van der Waals surface area (Å²) in [6.45, 7) is 5.75. The summed E-state index contributed by atoms with van der Waals surface area (Å²) in [5, 5.41) is 2.79. The van der Waals surface area contributed by atoms with E-state index >= 15 is 0 Å². The molecule has 0 unspecified atom stereocenters. The number of sulfonamides is 1. The van der Waals surface area contributed by atoms with E-state index in [0.29, 0.717) is 22.9 Å². The highest BCUT2D eigenvalue weighted by atomic mass is 32.2. The minimum absolute atomic E-state index is 0.0225. The van der Waals surface area contributed by atoms with Crippen molar-refractivity contribution in [2.75, 3.05) is 11.8 Å². The Balaban J connectivity index is 1.71. The van der Waals surface area contributed by atoms with E-state index in [-0.39, 0.29) is 23.1 Å². The van der Waals surface area contributed by atoms with Gasteiger partial charge in [-0.1, -0.05) is 12.1 Å². The monoisotopic (exact) mass is 469 g/mol. The molecule has 9 heteroatoms. The molecule has 0 bridgehead atoms. The Labute approximate surface area is 194 Å². The highest BCUT2D eigenvalue weighted by molar-refractivity contribution is 7.92. The van der Waals surface area contributed by atoms with Crippen LogP contribution in [0.25, 0.3) is 0 Å². The summed E-state index contributed by atoms with van der Waals surface area (Å²) < 4.78 is 39.0. The molecule has 3 rings (SSSR count). The summed E-state index contributed by atoms with van der Waals surface area (Å²) in [6.07, 6.45) is 1.65. The summed E-state index contributed by atoms with van der Waals surface area (Å²) in [7, 11) is -2.36. The Hall–Kier alpha value is -3.59. The van der Waals surface area contributed by atoms with Crippen molar-refractivity contribution in [1.82, 2.24) is 10.3 Å². The third-order valence-electron chi connectivity index (χ3n) is 4.69. The number of carbonyl (C=O) groups is 1. The molecule has 1 aromatic heterocycles. The highest BCUT2D eigenvalue weighted by Crippen LogP contribution is 2.22. The van der Waals surface area contributed by atoms with E-state index in [4.69, 9.17) is 9.47 Å². The van der Waals surface area contributed by atoms with E-state index in [2.05, 4.69) is 15.0 Å². The van der Waals surface area contributed by atoms with E-state index in [1.165, 1.54) is 13.2 Å². The highest BCUT2D eigenvalue weighted by Gasteiger charge is 2.19. The molecule has 0 saturated heterocycles. The quantitative estimate of drug-likeness (QED) is 0.492. The van der Waals surface area contributed by atoms with Crippen molar-refractivity contribution in [1.29, 1.82) is 0 Å². The van der Waals surface area contributed by atoms with E-state index in [1.807, 2.05) is 19.9 Å². The second kappa shape index (κ2) is 10.4. The number of benzene rings is 2. The van der Waals surface area contributed by atoms with Gasteiger partial charge in [-0.3, -0.25) is 9.52 Å². The van der Waals surface area contributed by atoms with Crippen molar-refractivity contribution in [3.8, 4) is 11.6 Å². The maximum absolute atomic E-state index is 12.9. The van der Waals surface area contributed by atoms with Crippen molar-refractivity contribution >= 4 is 21.6 Å². The van der Waals surface area contributed by atoms with Gasteiger partial charge in [0.1, 0.15) is 5.75 Å². The molecule has 8 nitrogen and oxygen atoms in total. The lowest BCUT2D eigenvalue weighted by molar-refractivity contribution is 0.0950. The van der Waals surface area contributed by atoms with Crippen LogP contribution in [0.1, 0.15) is 35.3 Å².